The van der Waals surface area contributed by atoms with Crippen molar-refractivity contribution < 1.29 is 9.15 Å². The molecule has 2 aromatic carbocycles. The van der Waals surface area contributed by atoms with E-state index in [-0.39, 0.29) is 0 Å². The summed E-state index contributed by atoms with van der Waals surface area (Å²) in [7, 11) is 0. The van der Waals surface area contributed by atoms with Crippen LogP contribution < -0.4 is 4.74 Å². The Morgan fingerprint density at radius 3 is 2.79 bits per heavy atom. The lowest BCUT2D eigenvalue weighted by Crippen LogP contribution is -1.96. The molecule has 2 nitrogen and oxygen atoms in total. The van der Waals surface area contributed by atoms with E-state index in [9.17, 15) is 0 Å². The average Bonchev–Trinajstić information content (AvgIpc) is 2.83. The first kappa shape index (κ1) is 12.1. The van der Waals surface area contributed by atoms with E-state index in [1.54, 1.807) is 6.26 Å². The Hall–Kier alpha value is -1.93. The van der Waals surface area contributed by atoms with Gasteiger partial charge in [0.25, 0.3) is 0 Å². The Kier molecular flexibility index (Phi) is 3.18. The van der Waals surface area contributed by atoms with Gasteiger partial charge in [-0.2, -0.15) is 0 Å². The molecule has 0 aliphatic rings. The molecule has 0 bridgehead atoms. The summed E-state index contributed by atoms with van der Waals surface area (Å²) in [5.41, 5.74) is 2.86. The smallest absolute Gasteiger partial charge is 0.135 e. The van der Waals surface area contributed by atoms with Crippen LogP contribution in [0.25, 0.3) is 11.0 Å². The zero-order valence-corrected chi connectivity index (χ0v) is 11.3. The van der Waals surface area contributed by atoms with Crippen LogP contribution in [-0.4, -0.2) is 0 Å². The maximum atomic E-state index is 6.20. The molecular weight excluding hydrogens is 260 g/mol. The number of ether oxygens (including phenoxy) is 1. The molecule has 0 aliphatic heterocycles. The lowest BCUT2D eigenvalue weighted by Gasteiger charge is -2.07. The van der Waals surface area contributed by atoms with E-state index in [0.29, 0.717) is 11.6 Å². The van der Waals surface area contributed by atoms with E-state index >= 15 is 0 Å². The predicted molar refractivity (Wildman–Crippen MR) is 76.7 cm³/mol. The van der Waals surface area contributed by atoms with E-state index in [2.05, 4.69) is 0 Å². The summed E-state index contributed by atoms with van der Waals surface area (Å²) in [4.78, 5) is 0. The van der Waals surface area contributed by atoms with Gasteiger partial charge in [0, 0.05) is 10.9 Å². The van der Waals surface area contributed by atoms with Crippen LogP contribution in [0, 0.1) is 6.92 Å². The molecule has 0 unspecified atom stereocenters. The number of para-hydroxylation sites is 1. The highest BCUT2D eigenvalue weighted by Crippen LogP contribution is 2.29. The Balaban J connectivity index is 1.89. The normalized spacial score (nSPS) is 10.8. The number of furan rings is 1. The van der Waals surface area contributed by atoms with Crippen molar-refractivity contribution in [2.45, 2.75) is 13.5 Å². The highest BCUT2D eigenvalue weighted by atomic mass is 35.5. The van der Waals surface area contributed by atoms with Gasteiger partial charge in [-0.1, -0.05) is 35.9 Å². The van der Waals surface area contributed by atoms with Crippen molar-refractivity contribution in [1.29, 1.82) is 0 Å². The SMILES string of the molecule is Cc1ccccc1OCc1coc2cccc(Cl)c12. The first-order valence-corrected chi connectivity index (χ1v) is 6.46. The van der Waals surface area contributed by atoms with Gasteiger partial charge in [0.05, 0.1) is 11.3 Å². The number of hydrogen-bond acceptors (Lipinski definition) is 2. The Labute approximate surface area is 116 Å². The highest BCUT2D eigenvalue weighted by Gasteiger charge is 2.10. The second-order valence-corrected chi connectivity index (χ2v) is 4.84. The Bertz CT molecular complexity index is 716. The van der Waals surface area contributed by atoms with Crippen LogP contribution in [0.4, 0.5) is 0 Å². The van der Waals surface area contributed by atoms with Gasteiger partial charge in [-0.05, 0) is 30.7 Å². The van der Waals surface area contributed by atoms with Crippen molar-refractivity contribution in [2.24, 2.45) is 0 Å². The summed E-state index contributed by atoms with van der Waals surface area (Å²) in [6.07, 6.45) is 1.70. The van der Waals surface area contributed by atoms with Gasteiger partial charge in [0.15, 0.2) is 0 Å². The third-order valence-corrected chi connectivity index (χ3v) is 3.42. The second-order valence-electron chi connectivity index (χ2n) is 4.43. The van der Waals surface area contributed by atoms with E-state index in [1.807, 2.05) is 49.4 Å². The molecule has 0 fully saturated rings. The molecule has 0 aliphatic carbocycles. The number of halogens is 1. The molecule has 1 aromatic heterocycles. The maximum Gasteiger partial charge on any atom is 0.135 e. The maximum absolute atomic E-state index is 6.20. The third-order valence-electron chi connectivity index (χ3n) is 3.10. The summed E-state index contributed by atoms with van der Waals surface area (Å²) in [6, 6.07) is 13.6. The molecule has 0 spiro atoms. The first-order valence-electron chi connectivity index (χ1n) is 6.09. The lowest BCUT2D eigenvalue weighted by atomic mass is 10.2. The fraction of sp³-hybridized carbons (Fsp3) is 0.125. The number of fused-ring (bicyclic) bond motifs is 1. The number of hydrogen-bond donors (Lipinski definition) is 0. The zero-order chi connectivity index (χ0) is 13.2. The lowest BCUT2D eigenvalue weighted by molar-refractivity contribution is 0.304. The minimum atomic E-state index is 0.446. The van der Waals surface area contributed by atoms with E-state index in [0.717, 1.165) is 27.8 Å². The van der Waals surface area contributed by atoms with Crippen LogP contribution in [-0.2, 0) is 6.61 Å². The standard InChI is InChI=1S/C16H13ClO2/c1-11-5-2-3-7-14(11)18-9-12-10-19-15-8-4-6-13(17)16(12)15/h2-8,10H,9H2,1H3. The fourth-order valence-corrected chi connectivity index (χ4v) is 2.38. The van der Waals surface area contributed by atoms with Gasteiger partial charge < -0.3 is 9.15 Å². The summed E-state index contributed by atoms with van der Waals surface area (Å²) in [5, 5.41) is 1.62. The predicted octanol–water partition coefficient (Wildman–Crippen LogP) is 4.97. The summed E-state index contributed by atoms with van der Waals surface area (Å²) < 4.78 is 11.3. The molecule has 96 valence electrons. The topological polar surface area (TPSA) is 22.4 Å². The van der Waals surface area contributed by atoms with Crippen molar-refractivity contribution in [1.82, 2.24) is 0 Å². The van der Waals surface area contributed by atoms with Crippen molar-refractivity contribution >= 4 is 22.6 Å². The Morgan fingerprint density at radius 2 is 1.95 bits per heavy atom. The largest absolute Gasteiger partial charge is 0.488 e. The first-order chi connectivity index (χ1) is 9.25. The quantitative estimate of drug-likeness (QED) is 0.671. The van der Waals surface area contributed by atoms with Crippen LogP contribution >= 0.6 is 11.6 Å². The van der Waals surface area contributed by atoms with Gasteiger partial charge in [0.1, 0.15) is 17.9 Å². The molecule has 3 heteroatoms. The van der Waals surface area contributed by atoms with Crippen molar-refractivity contribution in [3.8, 4) is 5.75 Å². The summed E-state index contributed by atoms with van der Waals surface area (Å²) in [6.45, 7) is 2.47. The van der Waals surface area contributed by atoms with Gasteiger partial charge >= 0.3 is 0 Å². The van der Waals surface area contributed by atoms with E-state index in [4.69, 9.17) is 20.8 Å². The van der Waals surface area contributed by atoms with Crippen molar-refractivity contribution in [3.05, 3.63) is 64.9 Å². The second kappa shape index (κ2) is 4.98. The molecular formula is C16H13ClO2. The van der Waals surface area contributed by atoms with Gasteiger partial charge in [-0.25, -0.2) is 0 Å². The minimum Gasteiger partial charge on any atom is -0.488 e. The molecule has 1 heterocycles. The average molecular weight is 273 g/mol. The van der Waals surface area contributed by atoms with Crippen LogP contribution in [0.5, 0.6) is 5.75 Å². The fourth-order valence-electron chi connectivity index (χ4n) is 2.09. The number of rotatable bonds is 3. The zero-order valence-electron chi connectivity index (χ0n) is 10.5. The molecule has 19 heavy (non-hydrogen) atoms. The van der Waals surface area contributed by atoms with Crippen molar-refractivity contribution in [3.63, 3.8) is 0 Å². The summed E-state index contributed by atoms with van der Waals surface area (Å²) in [5.74, 6) is 0.879. The molecule has 3 aromatic rings. The van der Waals surface area contributed by atoms with Crippen LogP contribution in [0.15, 0.2) is 53.1 Å². The molecule has 0 radical (unpaired) electrons. The van der Waals surface area contributed by atoms with Crippen LogP contribution in [0.3, 0.4) is 0 Å². The van der Waals surface area contributed by atoms with Gasteiger partial charge in [-0.3, -0.25) is 0 Å². The van der Waals surface area contributed by atoms with E-state index in [1.165, 1.54) is 0 Å². The van der Waals surface area contributed by atoms with Gasteiger partial charge in [0.2, 0.25) is 0 Å². The summed E-state index contributed by atoms with van der Waals surface area (Å²) >= 11 is 6.20. The number of aryl methyl sites for hydroxylation is 1. The van der Waals surface area contributed by atoms with Gasteiger partial charge in [-0.15, -0.1) is 0 Å². The highest BCUT2D eigenvalue weighted by molar-refractivity contribution is 6.35. The number of benzene rings is 2. The van der Waals surface area contributed by atoms with Crippen molar-refractivity contribution in [2.75, 3.05) is 0 Å². The molecule has 0 saturated carbocycles. The molecule has 0 N–H and O–H groups in total. The third kappa shape index (κ3) is 2.32. The molecule has 3 rings (SSSR count). The van der Waals surface area contributed by atoms with E-state index < -0.39 is 0 Å². The van der Waals surface area contributed by atoms with Crippen LogP contribution in [0.1, 0.15) is 11.1 Å². The minimum absolute atomic E-state index is 0.446. The molecule has 0 saturated heterocycles. The Morgan fingerprint density at radius 1 is 1.11 bits per heavy atom. The van der Waals surface area contributed by atoms with Crippen LogP contribution in [0.2, 0.25) is 5.02 Å². The molecule has 0 atom stereocenters. The molecule has 0 amide bonds. The monoisotopic (exact) mass is 272 g/mol.